The Bertz CT molecular complexity index is 1060. The molecule has 0 unspecified atom stereocenters. The van der Waals surface area contributed by atoms with Gasteiger partial charge in [-0.15, -0.1) is 0 Å². The highest BCUT2D eigenvalue weighted by atomic mass is 16.6. The van der Waals surface area contributed by atoms with Crippen molar-refractivity contribution in [1.82, 2.24) is 14.9 Å². The third kappa shape index (κ3) is 4.30. The Hall–Kier alpha value is -2.86. The Morgan fingerprint density at radius 3 is 2.45 bits per heavy atom. The zero-order valence-corrected chi connectivity index (χ0v) is 18.3. The number of nitrogens with zero attached hydrogens (tertiary/aromatic N) is 3. The molecular formula is C25H30N4O2. The summed E-state index contributed by atoms with van der Waals surface area (Å²) < 4.78 is 11.4. The lowest BCUT2D eigenvalue weighted by Crippen LogP contribution is -2.33. The number of rotatable bonds is 5. The number of benzene rings is 2. The molecule has 1 aromatic heterocycles. The monoisotopic (exact) mass is 418 g/mol. The number of hydrogen-bond acceptors (Lipinski definition) is 6. The first-order chi connectivity index (χ1) is 15.2. The Morgan fingerprint density at radius 2 is 1.65 bits per heavy atom. The van der Waals surface area contributed by atoms with Crippen LogP contribution >= 0.6 is 0 Å². The average Bonchev–Trinajstić information content (AvgIpc) is 2.82. The van der Waals surface area contributed by atoms with Crippen molar-refractivity contribution in [1.29, 1.82) is 0 Å². The van der Waals surface area contributed by atoms with Crippen molar-refractivity contribution in [2.75, 3.05) is 39.2 Å². The van der Waals surface area contributed by atoms with Crippen LogP contribution in [0.15, 0.2) is 42.7 Å². The molecule has 5 rings (SSSR count). The highest BCUT2D eigenvalue weighted by Crippen LogP contribution is 2.36. The molecule has 1 aliphatic carbocycles. The minimum atomic E-state index is 0.590. The van der Waals surface area contributed by atoms with Gasteiger partial charge in [0.05, 0.1) is 5.52 Å². The molecule has 6 heteroatoms. The lowest BCUT2D eigenvalue weighted by atomic mass is 9.85. The van der Waals surface area contributed by atoms with Gasteiger partial charge in [-0.2, -0.15) is 0 Å². The van der Waals surface area contributed by atoms with Crippen molar-refractivity contribution >= 4 is 16.7 Å². The Balaban J connectivity index is 1.35. The summed E-state index contributed by atoms with van der Waals surface area (Å²) in [6, 6.07) is 13.2. The van der Waals surface area contributed by atoms with Crippen LogP contribution in [0.5, 0.6) is 11.5 Å². The Morgan fingerprint density at radius 1 is 0.903 bits per heavy atom. The van der Waals surface area contributed by atoms with E-state index >= 15 is 0 Å². The van der Waals surface area contributed by atoms with E-state index in [1.54, 1.807) is 6.33 Å². The standard InChI is InChI=1S/C25H30N4O2/c1-29(2)20-7-3-17(4-8-20)15-26-25-21-13-18(5-9-22(21)27-16-28-25)19-6-10-23-24(14-19)31-12-11-30-23/h5-6,9-10,13-14,16-17,20H,3-4,7-8,11-12,15H2,1-2H3,(H,26,27,28). The maximum absolute atomic E-state index is 5.76. The molecule has 1 saturated carbocycles. The number of anilines is 1. The van der Waals surface area contributed by atoms with E-state index in [0.29, 0.717) is 19.1 Å². The van der Waals surface area contributed by atoms with Gasteiger partial charge >= 0.3 is 0 Å². The van der Waals surface area contributed by atoms with Crippen molar-refractivity contribution in [2.45, 2.75) is 31.7 Å². The fraction of sp³-hybridized carbons (Fsp3) is 0.440. The quantitative estimate of drug-likeness (QED) is 0.653. The van der Waals surface area contributed by atoms with Crippen molar-refractivity contribution in [3.8, 4) is 22.6 Å². The number of ether oxygens (including phenoxy) is 2. The predicted octanol–water partition coefficient (Wildman–Crippen LogP) is 4.60. The van der Waals surface area contributed by atoms with Gasteiger partial charge in [-0.1, -0.05) is 12.1 Å². The second-order valence-electron chi connectivity index (χ2n) is 8.83. The first-order valence-corrected chi connectivity index (χ1v) is 11.2. The van der Waals surface area contributed by atoms with Crippen LogP contribution in [0.3, 0.4) is 0 Å². The van der Waals surface area contributed by atoms with E-state index < -0.39 is 0 Å². The lowest BCUT2D eigenvalue weighted by molar-refractivity contribution is 0.171. The van der Waals surface area contributed by atoms with E-state index in [0.717, 1.165) is 51.9 Å². The van der Waals surface area contributed by atoms with Crippen LogP contribution in [-0.2, 0) is 0 Å². The topological polar surface area (TPSA) is 59.5 Å². The van der Waals surface area contributed by atoms with Crippen molar-refractivity contribution in [3.63, 3.8) is 0 Å². The van der Waals surface area contributed by atoms with Gasteiger partial charge < -0.3 is 19.7 Å². The van der Waals surface area contributed by atoms with Crippen LogP contribution in [0, 0.1) is 5.92 Å². The van der Waals surface area contributed by atoms with E-state index in [2.05, 4.69) is 64.6 Å². The second-order valence-corrected chi connectivity index (χ2v) is 8.83. The number of aromatic nitrogens is 2. The highest BCUT2D eigenvalue weighted by molar-refractivity contribution is 5.92. The Labute approximate surface area is 183 Å². The first-order valence-electron chi connectivity index (χ1n) is 11.2. The van der Waals surface area contributed by atoms with Gasteiger partial charge in [0.1, 0.15) is 25.4 Å². The van der Waals surface area contributed by atoms with Crippen molar-refractivity contribution in [2.24, 2.45) is 5.92 Å². The van der Waals surface area contributed by atoms with E-state index in [-0.39, 0.29) is 0 Å². The fourth-order valence-corrected chi connectivity index (χ4v) is 4.71. The molecule has 31 heavy (non-hydrogen) atoms. The van der Waals surface area contributed by atoms with Gasteiger partial charge in [0.2, 0.25) is 0 Å². The van der Waals surface area contributed by atoms with Gasteiger partial charge in [-0.05, 0) is 81.1 Å². The van der Waals surface area contributed by atoms with Gasteiger partial charge in [0.15, 0.2) is 11.5 Å². The van der Waals surface area contributed by atoms with Crippen LogP contribution in [0.1, 0.15) is 25.7 Å². The van der Waals surface area contributed by atoms with Crippen LogP contribution in [0.4, 0.5) is 5.82 Å². The summed E-state index contributed by atoms with van der Waals surface area (Å²) in [5.41, 5.74) is 3.17. The SMILES string of the molecule is CN(C)C1CCC(CNc2ncnc3ccc(-c4ccc5c(c4)OCCO5)cc23)CC1. The van der Waals surface area contributed by atoms with Crippen LogP contribution < -0.4 is 14.8 Å². The number of nitrogens with one attached hydrogen (secondary N) is 1. The lowest BCUT2D eigenvalue weighted by Gasteiger charge is -2.32. The maximum Gasteiger partial charge on any atom is 0.161 e. The molecule has 0 bridgehead atoms. The predicted molar refractivity (Wildman–Crippen MR) is 124 cm³/mol. The number of hydrogen-bond donors (Lipinski definition) is 1. The third-order valence-electron chi connectivity index (χ3n) is 6.62. The molecule has 0 spiro atoms. The van der Waals surface area contributed by atoms with Gasteiger partial charge in [-0.25, -0.2) is 9.97 Å². The van der Waals surface area contributed by atoms with Gasteiger partial charge in [0, 0.05) is 18.0 Å². The number of fused-ring (bicyclic) bond motifs is 2. The molecule has 2 heterocycles. The van der Waals surface area contributed by atoms with Crippen LogP contribution in [0.2, 0.25) is 0 Å². The minimum absolute atomic E-state index is 0.590. The molecule has 0 radical (unpaired) electrons. The molecule has 6 nitrogen and oxygen atoms in total. The summed E-state index contributed by atoms with van der Waals surface area (Å²) >= 11 is 0. The molecular weight excluding hydrogens is 388 g/mol. The smallest absolute Gasteiger partial charge is 0.161 e. The molecule has 162 valence electrons. The molecule has 1 aliphatic heterocycles. The van der Waals surface area contributed by atoms with Crippen molar-refractivity contribution < 1.29 is 9.47 Å². The minimum Gasteiger partial charge on any atom is -0.486 e. The molecule has 0 amide bonds. The van der Waals surface area contributed by atoms with E-state index in [1.807, 2.05) is 6.07 Å². The molecule has 2 aliphatic rings. The average molecular weight is 419 g/mol. The van der Waals surface area contributed by atoms with E-state index in [1.165, 1.54) is 25.7 Å². The summed E-state index contributed by atoms with van der Waals surface area (Å²) in [5, 5.41) is 4.67. The zero-order valence-electron chi connectivity index (χ0n) is 18.3. The zero-order chi connectivity index (χ0) is 21.2. The molecule has 1 fully saturated rings. The molecule has 0 saturated heterocycles. The summed E-state index contributed by atoms with van der Waals surface area (Å²) in [6.45, 7) is 2.15. The summed E-state index contributed by atoms with van der Waals surface area (Å²) in [7, 11) is 4.38. The maximum atomic E-state index is 5.76. The van der Waals surface area contributed by atoms with Gasteiger partial charge in [-0.3, -0.25) is 0 Å². The third-order valence-corrected chi connectivity index (χ3v) is 6.62. The first kappa shape index (κ1) is 20.1. The normalized spacial score (nSPS) is 20.7. The van der Waals surface area contributed by atoms with Gasteiger partial charge in [0.25, 0.3) is 0 Å². The largest absolute Gasteiger partial charge is 0.486 e. The highest BCUT2D eigenvalue weighted by Gasteiger charge is 2.22. The van der Waals surface area contributed by atoms with Crippen molar-refractivity contribution in [3.05, 3.63) is 42.7 Å². The molecule has 2 aromatic carbocycles. The van der Waals surface area contributed by atoms with Crippen LogP contribution in [-0.4, -0.2) is 54.8 Å². The molecule has 3 aromatic rings. The summed E-state index contributed by atoms with van der Waals surface area (Å²) in [4.78, 5) is 11.4. The molecule has 0 atom stereocenters. The fourth-order valence-electron chi connectivity index (χ4n) is 4.71. The summed E-state index contributed by atoms with van der Waals surface area (Å²) in [5.74, 6) is 3.23. The van der Waals surface area contributed by atoms with Crippen LogP contribution in [0.25, 0.3) is 22.0 Å². The second kappa shape index (κ2) is 8.71. The van der Waals surface area contributed by atoms with E-state index in [4.69, 9.17) is 9.47 Å². The molecule has 1 N–H and O–H groups in total. The van der Waals surface area contributed by atoms with E-state index in [9.17, 15) is 0 Å². The Kier molecular flexibility index (Phi) is 5.64. The summed E-state index contributed by atoms with van der Waals surface area (Å²) in [6.07, 6.45) is 6.73.